The summed E-state index contributed by atoms with van der Waals surface area (Å²) in [7, 11) is 1.61. The highest BCUT2D eigenvalue weighted by atomic mass is 35.5. The molecule has 106 valence electrons. The molecule has 1 saturated heterocycles. The lowest BCUT2D eigenvalue weighted by Crippen LogP contribution is -2.08. The first kappa shape index (κ1) is 13.6. The number of H-pyrrole nitrogens is 1. The summed E-state index contributed by atoms with van der Waals surface area (Å²) in [4.78, 5) is 0. The van der Waals surface area contributed by atoms with E-state index >= 15 is 0 Å². The third kappa shape index (κ3) is 2.34. The fourth-order valence-electron chi connectivity index (χ4n) is 2.38. The normalized spacial score (nSPS) is 18.4. The van der Waals surface area contributed by atoms with Crippen molar-refractivity contribution in [3.05, 3.63) is 33.8 Å². The van der Waals surface area contributed by atoms with Gasteiger partial charge in [0.15, 0.2) is 10.6 Å². The average molecular weight is 312 g/mol. The highest BCUT2D eigenvalue weighted by Crippen LogP contribution is 2.32. The van der Waals surface area contributed by atoms with Gasteiger partial charge >= 0.3 is 0 Å². The van der Waals surface area contributed by atoms with Crippen LogP contribution in [0.25, 0.3) is 5.69 Å². The number of rotatable bonds is 3. The maximum absolute atomic E-state index is 6.09. The van der Waals surface area contributed by atoms with Gasteiger partial charge in [0.1, 0.15) is 11.9 Å². The maximum Gasteiger partial charge on any atom is 0.200 e. The van der Waals surface area contributed by atoms with Gasteiger partial charge in [-0.1, -0.05) is 11.6 Å². The molecule has 0 radical (unpaired) electrons. The second-order valence-electron chi connectivity index (χ2n) is 4.54. The van der Waals surface area contributed by atoms with Gasteiger partial charge in [0.25, 0.3) is 0 Å². The molecule has 1 aromatic heterocycles. The quantitative estimate of drug-likeness (QED) is 0.882. The zero-order valence-corrected chi connectivity index (χ0v) is 12.5. The van der Waals surface area contributed by atoms with Crippen molar-refractivity contribution in [3.8, 4) is 11.4 Å². The molecule has 1 N–H and O–H groups in total. The lowest BCUT2D eigenvalue weighted by atomic mass is 10.2. The van der Waals surface area contributed by atoms with Crippen molar-refractivity contribution in [2.24, 2.45) is 0 Å². The fourth-order valence-corrected chi connectivity index (χ4v) is 2.78. The van der Waals surface area contributed by atoms with Gasteiger partial charge in [-0.25, -0.2) is 0 Å². The second kappa shape index (κ2) is 5.55. The van der Waals surface area contributed by atoms with Gasteiger partial charge < -0.3 is 9.47 Å². The molecule has 1 aromatic carbocycles. The van der Waals surface area contributed by atoms with Crippen LogP contribution >= 0.6 is 23.8 Å². The van der Waals surface area contributed by atoms with E-state index < -0.39 is 0 Å². The first-order valence-electron chi connectivity index (χ1n) is 6.33. The molecule has 20 heavy (non-hydrogen) atoms. The summed E-state index contributed by atoms with van der Waals surface area (Å²) in [5, 5.41) is 7.74. The predicted octanol–water partition coefficient (Wildman–Crippen LogP) is 3.44. The minimum Gasteiger partial charge on any atom is -0.495 e. The van der Waals surface area contributed by atoms with Crippen molar-refractivity contribution in [2.45, 2.75) is 18.9 Å². The number of aromatic nitrogens is 3. The van der Waals surface area contributed by atoms with Gasteiger partial charge in [-0.05, 0) is 43.3 Å². The molecule has 0 spiro atoms. The Bertz CT molecular complexity index is 676. The van der Waals surface area contributed by atoms with E-state index in [0.717, 1.165) is 31.0 Å². The summed E-state index contributed by atoms with van der Waals surface area (Å²) < 4.78 is 13.4. The average Bonchev–Trinajstić information content (AvgIpc) is 3.07. The second-order valence-corrected chi connectivity index (χ2v) is 5.36. The van der Waals surface area contributed by atoms with E-state index in [9.17, 15) is 0 Å². The van der Waals surface area contributed by atoms with Crippen LogP contribution in [-0.4, -0.2) is 28.5 Å². The Hall–Kier alpha value is -1.37. The summed E-state index contributed by atoms with van der Waals surface area (Å²) in [6.45, 7) is 0.747. The van der Waals surface area contributed by atoms with Crippen LogP contribution in [0.3, 0.4) is 0 Å². The molecule has 1 aliphatic rings. The van der Waals surface area contributed by atoms with Gasteiger partial charge in [-0.15, -0.1) is 0 Å². The van der Waals surface area contributed by atoms with Gasteiger partial charge in [-0.3, -0.25) is 9.67 Å². The van der Waals surface area contributed by atoms with E-state index in [4.69, 9.17) is 33.3 Å². The minimum absolute atomic E-state index is 0.0494. The van der Waals surface area contributed by atoms with Crippen LogP contribution < -0.4 is 4.74 Å². The Morgan fingerprint density at radius 2 is 2.40 bits per heavy atom. The largest absolute Gasteiger partial charge is 0.495 e. The standard InChI is InChI=1S/C13H14ClN3O2S/c1-18-10-5-4-8(14)7-9(10)17-12(15-16-13(17)20)11-3-2-6-19-11/h4-5,7,11H,2-3,6H2,1H3,(H,16,20)/t11-/m0/s1. The molecule has 5 nitrogen and oxygen atoms in total. The van der Waals surface area contributed by atoms with Crippen LogP contribution in [0, 0.1) is 4.77 Å². The molecule has 1 aliphatic heterocycles. The molecular formula is C13H14ClN3O2S. The zero-order valence-electron chi connectivity index (χ0n) is 10.9. The number of nitrogens with one attached hydrogen (secondary N) is 1. The highest BCUT2D eigenvalue weighted by Gasteiger charge is 2.25. The van der Waals surface area contributed by atoms with E-state index in [0.29, 0.717) is 15.5 Å². The number of nitrogens with zero attached hydrogens (tertiary/aromatic N) is 2. The Morgan fingerprint density at radius 3 is 3.10 bits per heavy atom. The third-order valence-electron chi connectivity index (χ3n) is 3.30. The molecule has 7 heteroatoms. The van der Waals surface area contributed by atoms with Crippen LogP contribution in [-0.2, 0) is 4.74 Å². The molecule has 0 unspecified atom stereocenters. The van der Waals surface area contributed by atoms with E-state index in [1.54, 1.807) is 13.2 Å². The summed E-state index contributed by atoms with van der Waals surface area (Å²) in [5.41, 5.74) is 0.768. The maximum atomic E-state index is 6.09. The van der Waals surface area contributed by atoms with Crippen molar-refractivity contribution in [1.29, 1.82) is 0 Å². The summed E-state index contributed by atoms with van der Waals surface area (Å²) in [6, 6.07) is 5.40. The fraction of sp³-hybridized carbons (Fsp3) is 0.385. The number of hydrogen-bond donors (Lipinski definition) is 1. The van der Waals surface area contributed by atoms with Gasteiger partial charge in [0, 0.05) is 11.6 Å². The van der Waals surface area contributed by atoms with Crippen molar-refractivity contribution < 1.29 is 9.47 Å². The number of hydrogen-bond acceptors (Lipinski definition) is 4. The number of methoxy groups -OCH3 is 1. The van der Waals surface area contributed by atoms with Crippen molar-refractivity contribution in [1.82, 2.24) is 14.8 Å². The van der Waals surface area contributed by atoms with E-state index in [1.165, 1.54) is 0 Å². The van der Waals surface area contributed by atoms with Crippen LogP contribution in [0.1, 0.15) is 24.8 Å². The van der Waals surface area contributed by atoms with Gasteiger partial charge in [0.2, 0.25) is 0 Å². The first-order valence-corrected chi connectivity index (χ1v) is 7.12. The SMILES string of the molecule is COc1ccc(Cl)cc1-n1c([C@@H]2CCCO2)n[nH]c1=S. The van der Waals surface area contributed by atoms with Crippen LogP contribution in [0.4, 0.5) is 0 Å². The predicted molar refractivity (Wildman–Crippen MR) is 78.2 cm³/mol. The lowest BCUT2D eigenvalue weighted by molar-refractivity contribution is 0.103. The molecule has 0 bridgehead atoms. The van der Waals surface area contributed by atoms with E-state index in [-0.39, 0.29) is 6.10 Å². The Morgan fingerprint density at radius 1 is 1.55 bits per heavy atom. The topological polar surface area (TPSA) is 52.1 Å². The molecule has 3 rings (SSSR count). The molecule has 2 heterocycles. The van der Waals surface area contributed by atoms with Gasteiger partial charge in [0.05, 0.1) is 12.8 Å². The molecule has 2 aromatic rings. The van der Waals surface area contributed by atoms with Crippen LogP contribution in [0.2, 0.25) is 5.02 Å². The molecule has 1 fully saturated rings. The van der Waals surface area contributed by atoms with Crippen molar-refractivity contribution >= 4 is 23.8 Å². The zero-order chi connectivity index (χ0) is 14.1. The summed E-state index contributed by atoms with van der Waals surface area (Å²) in [5.74, 6) is 1.44. The van der Waals surface area contributed by atoms with E-state index in [2.05, 4.69) is 10.2 Å². The summed E-state index contributed by atoms with van der Waals surface area (Å²) >= 11 is 11.4. The Balaban J connectivity index is 2.16. The number of benzene rings is 1. The van der Waals surface area contributed by atoms with Crippen molar-refractivity contribution in [3.63, 3.8) is 0 Å². The monoisotopic (exact) mass is 311 g/mol. The third-order valence-corrected chi connectivity index (χ3v) is 3.81. The number of ether oxygens (including phenoxy) is 2. The molecule has 0 aliphatic carbocycles. The van der Waals surface area contributed by atoms with Gasteiger partial charge in [-0.2, -0.15) is 5.10 Å². The van der Waals surface area contributed by atoms with Crippen molar-refractivity contribution in [2.75, 3.05) is 13.7 Å². The van der Waals surface area contributed by atoms with Crippen LogP contribution in [0.15, 0.2) is 18.2 Å². The summed E-state index contributed by atoms with van der Waals surface area (Å²) in [6.07, 6.45) is 1.91. The Kier molecular flexibility index (Phi) is 3.78. The lowest BCUT2D eigenvalue weighted by Gasteiger charge is -2.14. The molecular weight excluding hydrogens is 298 g/mol. The molecule has 0 saturated carbocycles. The van der Waals surface area contributed by atoms with E-state index in [1.807, 2.05) is 16.7 Å². The van der Waals surface area contributed by atoms with Crippen LogP contribution in [0.5, 0.6) is 5.75 Å². The number of aromatic amines is 1. The Labute approximate surface area is 126 Å². The number of halogens is 1. The molecule has 1 atom stereocenters. The highest BCUT2D eigenvalue weighted by molar-refractivity contribution is 7.71. The molecule has 0 amide bonds. The smallest absolute Gasteiger partial charge is 0.200 e. The first-order chi connectivity index (χ1) is 9.70. The minimum atomic E-state index is -0.0494.